The molecule has 0 aliphatic carbocycles. The molecule has 3 N–H and O–H groups in total. The van der Waals surface area contributed by atoms with Crippen molar-refractivity contribution in [1.82, 2.24) is 14.6 Å². The molecule has 6 nitrogen and oxygen atoms in total. The summed E-state index contributed by atoms with van der Waals surface area (Å²) in [5.74, 6) is 0.788. The van der Waals surface area contributed by atoms with E-state index in [1.54, 1.807) is 16.5 Å². The maximum Gasteiger partial charge on any atom is 0.173 e. The first-order chi connectivity index (χ1) is 6.74. The first-order valence-electron chi connectivity index (χ1n) is 4.02. The van der Waals surface area contributed by atoms with E-state index in [9.17, 15) is 0 Å². The normalized spacial score (nSPS) is 12.2. The number of rotatable bonds is 1. The molecule has 72 valence electrons. The van der Waals surface area contributed by atoms with E-state index in [1.807, 2.05) is 13.1 Å². The smallest absolute Gasteiger partial charge is 0.173 e. The number of pyridine rings is 1. The molecule has 0 aromatic carbocycles. The fourth-order valence-electron chi connectivity index (χ4n) is 1.29. The van der Waals surface area contributed by atoms with Crippen LogP contribution in [0.1, 0.15) is 11.4 Å². The molecule has 14 heavy (non-hydrogen) atoms. The fourth-order valence-corrected chi connectivity index (χ4v) is 1.29. The molecular weight excluding hydrogens is 182 g/mol. The lowest BCUT2D eigenvalue weighted by molar-refractivity contribution is 0.318. The molecule has 0 spiro atoms. The third-order valence-corrected chi connectivity index (χ3v) is 1.99. The molecule has 0 atom stereocenters. The van der Waals surface area contributed by atoms with E-state index in [4.69, 9.17) is 10.9 Å². The third kappa shape index (κ3) is 1.08. The van der Waals surface area contributed by atoms with Crippen molar-refractivity contribution in [2.75, 3.05) is 0 Å². The minimum Gasteiger partial charge on any atom is -0.409 e. The van der Waals surface area contributed by atoms with E-state index < -0.39 is 0 Å². The molecule has 0 saturated carbocycles. The van der Waals surface area contributed by atoms with E-state index in [0.717, 1.165) is 5.82 Å². The molecule has 0 aliphatic rings. The number of nitrogens with zero attached hydrogens (tertiary/aromatic N) is 4. The predicted octanol–water partition coefficient (Wildman–Crippen LogP) is 0.132. The summed E-state index contributed by atoms with van der Waals surface area (Å²) in [4.78, 5) is 0. The maximum absolute atomic E-state index is 8.56. The van der Waals surface area contributed by atoms with E-state index in [1.165, 1.54) is 0 Å². The van der Waals surface area contributed by atoms with Crippen molar-refractivity contribution in [3.63, 3.8) is 0 Å². The summed E-state index contributed by atoms with van der Waals surface area (Å²) in [5.41, 5.74) is 6.64. The number of aromatic nitrogens is 3. The van der Waals surface area contributed by atoms with Crippen LogP contribution < -0.4 is 5.73 Å². The Morgan fingerprint density at radius 3 is 3.07 bits per heavy atom. The van der Waals surface area contributed by atoms with Gasteiger partial charge in [-0.05, 0) is 19.1 Å². The average molecular weight is 191 g/mol. The second-order valence-corrected chi connectivity index (χ2v) is 2.85. The van der Waals surface area contributed by atoms with Crippen LogP contribution in [0.5, 0.6) is 0 Å². The molecular formula is C8H9N5O. The summed E-state index contributed by atoms with van der Waals surface area (Å²) in [6, 6.07) is 3.51. The zero-order chi connectivity index (χ0) is 10.1. The summed E-state index contributed by atoms with van der Waals surface area (Å²) >= 11 is 0. The Labute approximate surface area is 79.7 Å². The molecule has 0 fully saturated rings. The molecule has 0 bridgehead atoms. The van der Waals surface area contributed by atoms with Crippen LogP contribution in [-0.4, -0.2) is 25.6 Å². The van der Waals surface area contributed by atoms with Crippen molar-refractivity contribution in [2.45, 2.75) is 6.92 Å². The second-order valence-electron chi connectivity index (χ2n) is 2.85. The van der Waals surface area contributed by atoms with Gasteiger partial charge in [0.15, 0.2) is 11.5 Å². The Morgan fingerprint density at radius 2 is 2.36 bits per heavy atom. The lowest BCUT2D eigenvalue weighted by Crippen LogP contribution is -2.14. The second kappa shape index (κ2) is 2.99. The van der Waals surface area contributed by atoms with Crippen LogP contribution in [0, 0.1) is 6.92 Å². The highest BCUT2D eigenvalue weighted by atomic mass is 16.4. The molecule has 2 rings (SSSR count). The zero-order valence-electron chi connectivity index (χ0n) is 7.55. The number of nitrogens with two attached hydrogens (primary N) is 1. The van der Waals surface area contributed by atoms with Crippen LogP contribution in [0.4, 0.5) is 0 Å². The van der Waals surface area contributed by atoms with Gasteiger partial charge in [0.05, 0.1) is 5.56 Å². The summed E-state index contributed by atoms with van der Waals surface area (Å²) < 4.78 is 1.77. The lowest BCUT2D eigenvalue weighted by atomic mass is 10.2. The van der Waals surface area contributed by atoms with Gasteiger partial charge in [0, 0.05) is 6.20 Å². The molecule has 0 unspecified atom stereocenters. The van der Waals surface area contributed by atoms with Crippen LogP contribution in [-0.2, 0) is 0 Å². The highest BCUT2D eigenvalue weighted by Gasteiger charge is 2.08. The Kier molecular flexibility index (Phi) is 1.81. The van der Waals surface area contributed by atoms with Gasteiger partial charge in [0.2, 0.25) is 0 Å². The summed E-state index contributed by atoms with van der Waals surface area (Å²) in [6.45, 7) is 1.83. The highest BCUT2D eigenvalue weighted by Crippen LogP contribution is 2.08. The van der Waals surface area contributed by atoms with Crippen LogP contribution in [0.25, 0.3) is 5.65 Å². The molecule has 6 heteroatoms. The quantitative estimate of drug-likeness (QED) is 0.290. The SMILES string of the molecule is Cc1nnc2c(/C(N)=N\O)cccn12. The van der Waals surface area contributed by atoms with Gasteiger partial charge < -0.3 is 10.9 Å². The van der Waals surface area contributed by atoms with Crippen LogP contribution in [0.2, 0.25) is 0 Å². The van der Waals surface area contributed by atoms with Gasteiger partial charge >= 0.3 is 0 Å². The van der Waals surface area contributed by atoms with Crippen LogP contribution in [0.3, 0.4) is 0 Å². The third-order valence-electron chi connectivity index (χ3n) is 1.99. The summed E-state index contributed by atoms with van der Waals surface area (Å²) in [7, 11) is 0. The molecule has 2 aromatic rings. The summed E-state index contributed by atoms with van der Waals surface area (Å²) in [6.07, 6.45) is 1.82. The van der Waals surface area contributed by atoms with E-state index >= 15 is 0 Å². The van der Waals surface area contributed by atoms with Gasteiger partial charge in [-0.3, -0.25) is 4.40 Å². The molecule has 2 aromatic heterocycles. The number of hydrogen-bond donors (Lipinski definition) is 2. The number of amidine groups is 1. The van der Waals surface area contributed by atoms with Crippen LogP contribution >= 0.6 is 0 Å². The van der Waals surface area contributed by atoms with Gasteiger partial charge in [0.1, 0.15) is 5.82 Å². The summed E-state index contributed by atoms with van der Waals surface area (Å²) in [5, 5.41) is 19.3. The Balaban J connectivity index is 2.78. The first-order valence-corrected chi connectivity index (χ1v) is 4.02. The van der Waals surface area contributed by atoms with Crippen molar-refractivity contribution in [2.24, 2.45) is 10.9 Å². The maximum atomic E-state index is 8.56. The van der Waals surface area contributed by atoms with Crippen molar-refractivity contribution in [1.29, 1.82) is 0 Å². The van der Waals surface area contributed by atoms with Gasteiger partial charge in [0.25, 0.3) is 0 Å². The monoisotopic (exact) mass is 191 g/mol. The van der Waals surface area contributed by atoms with Crippen molar-refractivity contribution >= 4 is 11.5 Å². The standard InChI is InChI=1S/C8H9N5O/c1-5-10-11-8-6(7(9)12-14)3-2-4-13(5)8/h2-4,14H,1H3,(H2,9,12). The number of hydrogen-bond acceptors (Lipinski definition) is 4. The Bertz CT molecular complexity index is 501. The topological polar surface area (TPSA) is 88.8 Å². The highest BCUT2D eigenvalue weighted by molar-refractivity contribution is 6.02. The lowest BCUT2D eigenvalue weighted by Gasteiger charge is -2.00. The number of fused-ring (bicyclic) bond motifs is 1. The largest absolute Gasteiger partial charge is 0.409 e. The minimum absolute atomic E-state index is 0.0306. The van der Waals surface area contributed by atoms with Crippen molar-refractivity contribution in [3.05, 3.63) is 29.7 Å². The van der Waals surface area contributed by atoms with Crippen LogP contribution in [0.15, 0.2) is 23.5 Å². The average Bonchev–Trinajstić information content (AvgIpc) is 2.59. The predicted molar refractivity (Wildman–Crippen MR) is 50.2 cm³/mol. The molecule has 2 heterocycles. The van der Waals surface area contributed by atoms with E-state index in [-0.39, 0.29) is 5.84 Å². The van der Waals surface area contributed by atoms with Gasteiger partial charge in [-0.1, -0.05) is 5.16 Å². The zero-order valence-corrected chi connectivity index (χ0v) is 7.55. The molecule has 0 saturated heterocycles. The first kappa shape index (κ1) is 8.49. The molecule has 0 amide bonds. The van der Waals surface area contributed by atoms with Gasteiger partial charge in [-0.15, -0.1) is 10.2 Å². The van der Waals surface area contributed by atoms with Crippen molar-refractivity contribution < 1.29 is 5.21 Å². The Morgan fingerprint density at radius 1 is 1.57 bits per heavy atom. The Hall–Kier alpha value is -2.11. The minimum atomic E-state index is 0.0306. The van der Waals surface area contributed by atoms with Gasteiger partial charge in [-0.25, -0.2) is 0 Å². The van der Waals surface area contributed by atoms with Gasteiger partial charge in [-0.2, -0.15) is 0 Å². The van der Waals surface area contributed by atoms with E-state index in [0.29, 0.717) is 11.2 Å². The molecule has 0 radical (unpaired) electrons. The number of aryl methyl sites for hydroxylation is 1. The van der Waals surface area contributed by atoms with Crippen molar-refractivity contribution in [3.8, 4) is 0 Å². The number of oxime groups is 1. The van der Waals surface area contributed by atoms with E-state index in [2.05, 4.69) is 15.4 Å². The molecule has 0 aliphatic heterocycles. The fraction of sp³-hybridized carbons (Fsp3) is 0.125.